The molecule has 1 fully saturated rings. The number of anilines is 1. The molecule has 0 aliphatic carbocycles. The average Bonchev–Trinajstić information content (AvgIpc) is 2.23. The van der Waals surface area contributed by atoms with E-state index >= 15 is 0 Å². The van der Waals surface area contributed by atoms with Crippen LogP contribution in [0.4, 0.5) is 5.69 Å². The van der Waals surface area contributed by atoms with Crippen LogP contribution in [0.15, 0.2) is 18.2 Å². The molecule has 1 heterocycles. The van der Waals surface area contributed by atoms with Crippen molar-refractivity contribution in [2.24, 2.45) is 0 Å². The van der Waals surface area contributed by atoms with Gasteiger partial charge in [-0.15, -0.1) is 0 Å². The number of nitrogens with zero attached hydrogens (tertiary/aromatic N) is 1. The Morgan fingerprint density at radius 1 is 1.13 bits per heavy atom. The van der Waals surface area contributed by atoms with E-state index < -0.39 is 0 Å². The third-order valence-electron chi connectivity index (χ3n) is 3.03. The van der Waals surface area contributed by atoms with Crippen molar-refractivity contribution in [2.75, 3.05) is 31.1 Å². The molecule has 2 nitrogen and oxygen atoms in total. The van der Waals surface area contributed by atoms with Crippen molar-refractivity contribution in [2.45, 2.75) is 13.8 Å². The van der Waals surface area contributed by atoms with Crippen LogP contribution in [0.2, 0.25) is 0 Å². The Hall–Kier alpha value is -0.730. The van der Waals surface area contributed by atoms with E-state index in [9.17, 15) is 0 Å². The van der Waals surface area contributed by atoms with Crippen molar-refractivity contribution >= 4 is 5.69 Å². The van der Waals surface area contributed by atoms with E-state index in [2.05, 4.69) is 42.3 Å². The van der Waals surface area contributed by atoms with Gasteiger partial charge < -0.3 is 22.6 Å². The fraction of sp³-hybridized carbons (Fsp3) is 0.500. The standard InChI is InChI=1S/C12H18N2.ClH/c1-10-4-3-5-12(11(10)2)14-8-6-13-7-9-14;/h3-5,13H,6-9H2,1-2H3;1H/p-1. The first-order valence-electron chi connectivity index (χ1n) is 5.31. The summed E-state index contributed by atoms with van der Waals surface area (Å²) in [5.74, 6) is 0. The van der Waals surface area contributed by atoms with Crippen LogP contribution < -0.4 is 22.6 Å². The van der Waals surface area contributed by atoms with Crippen molar-refractivity contribution in [3.05, 3.63) is 29.3 Å². The van der Waals surface area contributed by atoms with Gasteiger partial charge in [0.15, 0.2) is 0 Å². The summed E-state index contributed by atoms with van der Waals surface area (Å²) in [5, 5.41) is 3.38. The van der Waals surface area contributed by atoms with Gasteiger partial charge in [0, 0.05) is 31.9 Å². The molecular weight excluding hydrogens is 208 g/mol. The van der Waals surface area contributed by atoms with E-state index in [0.29, 0.717) is 0 Å². The van der Waals surface area contributed by atoms with Gasteiger partial charge in [0.2, 0.25) is 0 Å². The van der Waals surface area contributed by atoms with Crippen LogP contribution in [0.3, 0.4) is 0 Å². The summed E-state index contributed by atoms with van der Waals surface area (Å²) in [6.07, 6.45) is 0. The highest BCUT2D eigenvalue weighted by Crippen LogP contribution is 2.22. The van der Waals surface area contributed by atoms with Crippen LogP contribution in [-0.4, -0.2) is 26.2 Å². The third kappa shape index (κ3) is 2.64. The first-order chi connectivity index (χ1) is 6.79. The zero-order valence-corrected chi connectivity index (χ0v) is 10.1. The van der Waals surface area contributed by atoms with Crippen LogP contribution in [0, 0.1) is 13.8 Å². The summed E-state index contributed by atoms with van der Waals surface area (Å²) in [4.78, 5) is 2.47. The molecule has 2 rings (SSSR count). The van der Waals surface area contributed by atoms with E-state index in [1.54, 1.807) is 0 Å². The monoisotopic (exact) mass is 225 g/mol. The molecule has 0 amide bonds. The average molecular weight is 226 g/mol. The molecule has 0 atom stereocenters. The first-order valence-corrected chi connectivity index (χ1v) is 5.31. The molecule has 1 aliphatic heterocycles. The molecule has 1 aromatic carbocycles. The summed E-state index contributed by atoms with van der Waals surface area (Å²) in [6, 6.07) is 6.56. The van der Waals surface area contributed by atoms with Crippen LogP contribution >= 0.6 is 0 Å². The summed E-state index contributed by atoms with van der Waals surface area (Å²) >= 11 is 0. The lowest BCUT2D eigenvalue weighted by Crippen LogP contribution is -3.00. The Balaban J connectivity index is 0.00000112. The molecule has 15 heavy (non-hydrogen) atoms. The lowest BCUT2D eigenvalue weighted by Gasteiger charge is -2.31. The Bertz CT molecular complexity index is 319. The minimum atomic E-state index is 0. The molecule has 0 saturated carbocycles. The van der Waals surface area contributed by atoms with Crippen LogP contribution in [0.25, 0.3) is 0 Å². The first kappa shape index (κ1) is 12.3. The molecule has 1 saturated heterocycles. The number of halogens is 1. The summed E-state index contributed by atoms with van der Waals surface area (Å²) in [7, 11) is 0. The number of hydrogen-bond donors (Lipinski definition) is 1. The number of hydrogen-bond acceptors (Lipinski definition) is 2. The van der Waals surface area contributed by atoms with E-state index in [4.69, 9.17) is 0 Å². The Kier molecular flexibility index (Phi) is 4.43. The van der Waals surface area contributed by atoms with E-state index in [-0.39, 0.29) is 12.4 Å². The Morgan fingerprint density at radius 2 is 1.80 bits per heavy atom. The highest BCUT2D eigenvalue weighted by Gasteiger charge is 2.12. The Labute approximate surface area is 98.1 Å². The topological polar surface area (TPSA) is 15.3 Å². The fourth-order valence-corrected chi connectivity index (χ4v) is 1.98. The fourth-order valence-electron chi connectivity index (χ4n) is 1.98. The normalized spacial score (nSPS) is 16.0. The molecule has 1 N–H and O–H groups in total. The van der Waals surface area contributed by atoms with Crippen molar-refractivity contribution in [3.63, 3.8) is 0 Å². The second-order valence-corrected chi connectivity index (χ2v) is 3.96. The molecule has 0 unspecified atom stereocenters. The van der Waals surface area contributed by atoms with Crippen LogP contribution in [0.1, 0.15) is 11.1 Å². The minimum Gasteiger partial charge on any atom is -1.00 e. The molecule has 0 spiro atoms. The highest BCUT2D eigenvalue weighted by atomic mass is 35.5. The maximum absolute atomic E-state index is 3.38. The largest absolute Gasteiger partial charge is 1.00 e. The minimum absolute atomic E-state index is 0. The zero-order valence-electron chi connectivity index (χ0n) is 9.39. The van der Waals surface area contributed by atoms with Gasteiger partial charge in [0.1, 0.15) is 0 Å². The smallest absolute Gasteiger partial charge is 0.0399 e. The van der Waals surface area contributed by atoms with Crippen LogP contribution in [0.5, 0.6) is 0 Å². The maximum Gasteiger partial charge on any atom is 0.0399 e. The SMILES string of the molecule is Cc1cccc(N2CCNCC2)c1C.[Cl-]. The molecule has 0 bridgehead atoms. The number of nitrogens with one attached hydrogen (secondary N) is 1. The number of benzene rings is 1. The van der Waals surface area contributed by atoms with Crippen LogP contribution in [-0.2, 0) is 0 Å². The number of aryl methyl sites for hydroxylation is 1. The molecular formula is C12H18ClN2-. The van der Waals surface area contributed by atoms with Gasteiger partial charge in [-0.1, -0.05) is 12.1 Å². The molecule has 1 aromatic rings. The van der Waals surface area contributed by atoms with Gasteiger partial charge in [0.05, 0.1) is 0 Å². The molecule has 0 radical (unpaired) electrons. The lowest BCUT2D eigenvalue weighted by atomic mass is 10.1. The third-order valence-corrected chi connectivity index (χ3v) is 3.03. The van der Waals surface area contributed by atoms with Gasteiger partial charge >= 0.3 is 0 Å². The van der Waals surface area contributed by atoms with Gasteiger partial charge in [-0.05, 0) is 31.0 Å². The quantitative estimate of drug-likeness (QED) is 0.641. The maximum atomic E-state index is 3.38. The van der Waals surface area contributed by atoms with E-state index in [0.717, 1.165) is 26.2 Å². The lowest BCUT2D eigenvalue weighted by molar-refractivity contribution is -0.00000299. The van der Waals surface area contributed by atoms with Gasteiger partial charge in [-0.3, -0.25) is 0 Å². The summed E-state index contributed by atoms with van der Waals surface area (Å²) in [6.45, 7) is 8.86. The molecule has 84 valence electrons. The molecule has 3 heteroatoms. The second kappa shape index (κ2) is 5.38. The van der Waals surface area contributed by atoms with E-state index in [1.165, 1.54) is 16.8 Å². The van der Waals surface area contributed by atoms with Gasteiger partial charge in [-0.25, -0.2) is 0 Å². The zero-order chi connectivity index (χ0) is 9.97. The summed E-state index contributed by atoms with van der Waals surface area (Å²) < 4.78 is 0. The van der Waals surface area contributed by atoms with Crippen molar-refractivity contribution < 1.29 is 12.4 Å². The van der Waals surface area contributed by atoms with Gasteiger partial charge in [0.25, 0.3) is 0 Å². The highest BCUT2D eigenvalue weighted by molar-refractivity contribution is 5.56. The van der Waals surface area contributed by atoms with E-state index in [1.807, 2.05) is 0 Å². The van der Waals surface area contributed by atoms with Crippen molar-refractivity contribution in [1.82, 2.24) is 5.32 Å². The number of rotatable bonds is 1. The predicted molar refractivity (Wildman–Crippen MR) is 61.0 cm³/mol. The molecule has 0 aromatic heterocycles. The van der Waals surface area contributed by atoms with Gasteiger partial charge in [-0.2, -0.15) is 0 Å². The second-order valence-electron chi connectivity index (χ2n) is 3.96. The number of piperazine rings is 1. The summed E-state index contributed by atoms with van der Waals surface area (Å²) in [5.41, 5.74) is 4.22. The van der Waals surface area contributed by atoms with Crippen molar-refractivity contribution in [1.29, 1.82) is 0 Å². The Morgan fingerprint density at radius 3 is 2.47 bits per heavy atom. The van der Waals surface area contributed by atoms with Crippen molar-refractivity contribution in [3.8, 4) is 0 Å². The molecule has 1 aliphatic rings. The predicted octanol–water partition coefficient (Wildman–Crippen LogP) is -1.28.